The van der Waals surface area contributed by atoms with Crippen LogP contribution in [-0.2, 0) is 16.0 Å². The molecular formula is C20H21N3O4. The Balaban J connectivity index is 1.70. The number of nitrogens with zero attached hydrogens (tertiary/aromatic N) is 2. The zero-order chi connectivity index (χ0) is 19.2. The molecule has 1 fully saturated rings. The Bertz CT molecular complexity index is 838. The van der Waals surface area contributed by atoms with Gasteiger partial charge in [0.05, 0.1) is 6.42 Å². The number of likely N-dealkylation sites (tertiary alicyclic amines) is 1. The van der Waals surface area contributed by atoms with E-state index in [9.17, 15) is 19.5 Å². The van der Waals surface area contributed by atoms with E-state index in [1.54, 1.807) is 42.7 Å². The van der Waals surface area contributed by atoms with Gasteiger partial charge in [-0.05, 0) is 49.1 Å². The standard InChI is InChI=1S/C20H21N3O4/c24-18(11-14-5-4-9-21-13-14)22-16-7-3-6-15(12-16)19(25)23-10-2-1-8-17(23)20(26)27/h3-7,9,12-13,17H,1-2,8,10-11H2,(H,22,24)(H,26,27). The maximum atomic E-state index is 12.8. The molecule has 1 aliphatic heterocycles. The van der Waals surface area contributed by atoms with Crippen molar-refractivity contribution in [1.82, 2.24) is 9.88 Å². The number of carbonyl (C=O) groups excluding carboxylic acids is 2. The molecule has 2 amide bonds. The first kappa shape index (κ1) is 18.6. The predicted molar refractivity (Wildman–Crippen MR) is 99.3 cm³/mol. The Morgan fingerprint density at radius 2 is 2.04 bits per heavy atom. The maximum absolute atomic E-state index is 12.8. The third kappa shape index (κ3) is 4.69. The van der Waals surface area contributed by atoms with Crippen LogP contribution in [-0.4, -0.2) is 45.4 Å². The van der Waals surface area contributed by atoms with Crippen LogP contribution in [0.2, 0.25) is 0 Å². The quantitative estimate of drug-likeness (QED) is 0.845. The number of aromatic nitrogens is 1. The Morgan fingerprint density at radius 1 is 1.19 bits per heavy atom. The molecule has 1 aromatic carbocycles. The van der Waals surface area contributed by atoms with E-state index in [4.69, 9.17) is 0 Å². The zero-order valence-electron chi connectivity index (χ0n) is 14.8. The number of nitrogens with one attached hydrogen (secondary N) is 1. The third-order valence-corrected chi connectivity index (χ3v) is 4.53. The van der Waals surface area contributed by atoms with Crippen LogP contribution in [0.25, 0.3) is 0 Å². The zero-order valence-corrected chi connectivity index (χ0v) is 14.8. The first-order valence-corrected chi connectivity index (χ1v) is 8.87. The summed E-state index contributed by atoms with van der Waals surface area (Å²) < 4.78 is 0. The molecule has 3 rings (SSSR count). The van der Waals surface area contributed by atoms with Crippen LogP contribution in [0, 0.1) is 0 Å². The molecule has 0 spiro atoms. The van der Waals surface area contributed by atoms with Gasteiger partial charge in [-0.15, -0.1) is 0 Å². The molecule has 2 N–H and O–H groups in total. The van der Waals surface area contributed by atoms with Gasteiger partial charge >= 0.3 is 5.97 Å². The van der Waals surface area contributed by atoms with E-state index in [0.29, 0.717) is 24.2 Å². The Labute approximate surface area is 157 Å². The fourth-order valence-electron chi connectivity index (χ4n) is 3.22. The minimum atomic E-state index is -0.982. The highest BCUT2D eigenvalue weighted by Gasteiger charge is 2.32. The first-order valence-electron chi connectivity index (χ1n) is 8.87. The lowest BCUT2D eigenvalue weighted by molar-refractivity contribution is -0.143. The van der Waals surface area contributed by atoms with E-state index in [-0.39, 0.29) is 18.2 Å². The van der Waals surface area contributed by atoms with Crippen LogP contribution in [0.3, 0.4) is 0 Å². The second kappa shape index (κ2) is 8.44. The molecule has 0 bridgehead atoms. The number of hydrogen-bond donors (Lipinski definition) is 2. The van der Waals surface area contributed by atoms with Crippen molar-refractivity contribution >= 4 is 23.5 Å². The molecule has 0 saturated carbocycles. The summed E-state index contributed by atoms with van der Waals surface area (Å²) in [5, 5.41) is 12.1. The van der Waals surface area contributed by atoms with Crippen LogP contribution >= 0.6 is 0 Å². The van der Waals surface area contributed by atoms with Gasteiger partial charge in [-0.25, -0.2) is 4.79 Å². The summed E-state index contributed by atoms with van der Waals surface area (Å²) in [5.74, 6) is -1.52. The van der Waals surface area contributed by atoms with E-state index >= 15 is 0 Å². The number of aliphatic carboxylic acids is 1. The van der Waals surface area contributed by atoms with Crippen LogP contribution in [0.4, 0.5) is 5.69 Å². The number of benzene rings is 1. The fraction of sp³-hybridized carbons (Fsp3) is 0.300. The van der Waals surface area contributed by atoms with Crippen LogP contribution in [0.15, 0.2) is 48.8 Å². The molecule has 1 aromatic heterocycles. The van der Waals surface area contributed by atoms with Crippen molar-refractivity contribution in [2.45, 2.75) is 31.7 Å². The molecule has 0 aliphatic carbocycles. The number of amides is 2. The number of carbonyl (C=O) groups is 3. The van der Waals surface area contributed by atoms with Gasteiger partial charge in [0.25, 0.3) is 5.91 Å². The Kier molecular flexibility index (Phi) is 5.80. The molecule has 2 aromatic rings. The average Bonchev–Trinajstić information content (AvgIpc) is 2.68. The molecule has 1 unspecified atom stereocenters. The third-order valence-electron chi connectivity index (χ3n) is 4.53. The van der Waals surface area contributed by atoms with Crippen LogP contribution < -0.4 is 5.32 Å². The molecule has 27 heavy (non-hydrogen) atoms. The summed E-state index contributed by atoms with van der Waals surface area (Å²) in [7, 11) is 0. The smallest absolute Gasteiger partial charge is 0.326 e. The Hall–Kier alpha value is -3.22. The number of anilines is 1. The summed E-state index contributed by atoms with van der Waals surface area (Å²) >= 11 is 0. The van der Waals surface area contributed by atoms with Gasteiger partial charge in [0.15, 0.2) is 0 Å². The number of rotatable bonds is 5. The topological polar surface area (TPSA) is 99.6 Å². The molecule has 2 heterocycles. The van der Waals surface area contributed by atoms with Gasteiger partial charge in [0, 0.05) is 30.2 Å². The lowest BCUT2D eigenvalue weighted by Crippen LogP contribution is -2.48. The summed E-state index contributed by atoms with van der Waals surface area (Å²) in [6, 6.07) is 9.36. The van der Waals surface area contributed by atoms with Crippen molar-refractivity contribution in [2.24, 2.45) is 0 Å². The molecular weight excluding hydrogens is 346 g/mol. The van der Waals surface area contributed by atoms with E-state index in [0.717, 1.165) is 18.4 Å². The monoisotopic (exact) mass is 367 g/mol. The minimum Gasteiger partial charge on any atom is -0.480 e. The highest BCUT2D eigenvalue weighted by molar-refractivity contribution is 5.99. The van der Waals surface area contributed by atoms with Crippen LogP contribution in [0.5, 0.6) is 0 Å². The van der Waals surface area contributed by atoms with E-state index in [2.05, 4.69) is 10.3 Å². The molecule has 140 valence electrons. The van der Waals surface area contributed by atoms with E-state index in [1.807, 2.05) is 6.07 Å². The number of hydrogen-bond acceptors (Lipinski definition) is 4. The van der Waals surface area contributed by atoms with Gasteiger partial charge < -0.3 is 15.3 Å². The van der Waals surface area contributed by atoms with Gasteiger partial charge in [-0.2, -0.15) is 0 Å². The molecule has 7 heteroatoms. The fourth-order valence-corrected chi connectivity index (χ4v) is 3.22. The van der Waals surface area contributed by atoms with Gasteiger partial charge in [0.2, 0.25) is 5.91 Å². The summed E-state index contributed by atoms with van der Waals surface area (Å²) in [6.45, 7) is 0.424. The van der Waals surface area contributed by atoms with Crippen molar-refractivity contribution in [3.8, 4) is 0 Å². The second-order valence-electron chi connectivity index (χ2n) is 6.52. The lowest BCUT2D eigenvalue weighted by atomic mass is 10.0. The molecule has 1 aliphatic rings. The largest absolute Gasteiger partial charge is 0.480 e. The van der Waals surface area contributed by atoms with Gasteiger partial charge in [-0.1, -0.05) is 12.1 Å². The number of piperidine rings is 1. The SMILES string of the molecule is O=C(Cc1cccnc1)Nc1cccc(C(=O)N2CCCCC2C(=O)O)c1. The van der Waals surface area contributed by atoms with E-state index in [1.165, 1.54) is 4.90 Å². The highest BCUT2D eigenvalue weighted by atomic mass is 16.4. The molecule has 7 nitrogen and oxygen atoms in total. The molecule has 0 radical (unpaired) electrons. The van der Waals surface area contributed by atoms with E-state index < -0.39 is 12.0 Å². The summed E-state index contributed by atoms with van der Waals surface area (Å²) in [4.78, 5) is 41.8. The Morgan fingerprint density at radius 3 is 2.78 bits per heavy atom. The maximum Gasteiger partial charge on any atom is 0.326 e. The first-order chi connectivity index (χ1) is 13.0. The lowest BCUT2D eigenvalue weighted by Gasteiger charge is -2.33. The molecule has 1 atom stereocenters. The minimum absolute atomic E-state index is 0.180. The predicted octanol–water partition coefficient (Wildman–Crippen LogP) is 2.34. The van der Waals surface area contributed by atoms with Crippen molar-refractivity contribution in [3.63, 3.8) is 0 Å². The van der Waals surface area contributed by atoms with Gasteiger partial charge in [0.1, 0.15) is 6.04 Å². The summed E-state index contributed by atoms with van der Waals surface area (Å²) in [6.07, 6.45) is 5.49. The number of carboxylic acids is 1. The highest BCUT2D eigenvalue weighted by Crippen LogP contribution is 2.21. The van der Waals surface area contributed by atoms with Crippen molar-refractivity contribution < 1.29 is 19.5 Å². The van der Waals surface area contributed by atoms with Crippen LogP contribution in [0.1, 0.15) is 35.2 Å². The molecule has 1 saturated heterocycles. The number of pyridine rings is 1. The van der Waals surface area contributed by atoms with Crippen molar-refractivity contribution in [2.75, 3.05) is 11.9 Å². The second-order valence-corrected chi connectivity index (χ2v) is 6.52. The van der Waals surface area contributed by atoms with Crippen molar-refractivity contribution in [1.29, 1.82) is 0 Å². The number of carboxylic acid groups (broad SMARTS) is 1. The summed E-state index contributed by atoms with van der Waals surface area (Å²) in [5.41, 5.74) is 1.65. The normalized spacial score (nSPS) is 16.6. The average molecular weight is 367 g/mol. The van der Waals surface area contributed by atoms with Gasteiger partial charge in [-0.3, -0.25) is 14.6 Å². The van der Waals surface area contributed by atoms with Crippen molar-refractivity contribution in [3.05, 3.63) is 59.9 Å².